The van der Waals surface area contributed by atoms with E-state index in [1.165, 1.54) is 5.56 Å². The van der Waals surface area contributed by atoms with Crippen molar-refractivity contribution < 1.29 is 14.2 Å². The van der Waals surface area contributed by atoms with Crippen LogP contribution in [0.3, 0.4) is 0 Å². The Balaban J connectivity index is 1.96. The number of benzene rings is 1. The molecule has 3 nitrogen and oxygen atoms in total. The summed E-state index contributed by atoms with van der Waals surface area (Å²) < 4.78 is 15.8. The predicted molar refractivity (Wildman–Crippen MR) is 56.5 cm³/mol. The van der Waals surface area contributed by atoms with Crippen LogP contribution < -0.4 is 0 Å². The molecule has 0 aliphatic carbocycles. The highest BCUT2D eigenvalue weighted by molar-refractivity contribution is 5.17. The third-order valence-corrected chi connectivity index (χ3v) is 2.44. The van der Waals surface area contributed by atoms with Crippen molar-refractivity contribution in [3.05, 3.63) is 35.9 Å². The highest BCUT2D eigenvalue weighted by Gasteiger charge is 2.27. The minimum absolute atomic E-state index is 0.0821. The Morgan fingerprint density at radius 2 is 2.13 bits per heavy atom. The van der Waals surface area contributed by atoms with Gasteiger partial charge in [-0.05, 0) is 5.56 Å². The number of ether oxygens (including phenoxy) is 3. The van der Waals surface area contributed by atoms with Crippen LogP contribution in [0, 0.1) is 0 Å². The zero-order chi connectivity index (χ0) is 10.5. The van der Waals surface area contributed by atoms with Crippen LogP contribution in [0.25, 0.3) is 0 Å². The van der Waals surface area contributed by atoms with Gasteiger partial charge < -0.3 is 14.2 Å². The van der Waals surface area contributed by atoms with Crippen LogP contribution in [0.2, 0.25) is 0 Å². The molecular weight excluding hydrogens is 192 g/mol. The van der Waals surface area contributed by atoms with Crippen molar-refractivity contribution in [1.82, 2.24) is 0 Å². The van der Waals surface area contributed by atoms with Crippen LogP contribution in [0.5, 0.6) is 0 Å². The molecule has 1 aliphatic rings. The van der Waals surface area contributed by atoms with Gasteiger partial charge in [-0.25, -0.2) is 0 Å². The van der Waals surface area contributed by atoms with Crippen molar-refractivity contribution in [2.75, 3.05) is 20.5 Å². The molecule has 2 atom stereocenters. The Morgan fingerprint density at radius 1 is 1.40 bits per heavy atom. The molecule has 1 heterocycles. The average molecular weight is 208 g/mol. The lowest BCUT2D eigenvalue weighted by Crippen LogP contribution is -2.09. The second-order valence-corrected chi connectivity index (χ2v) is 3.66. The van der Waals surface area contributed by atoms with Gasteiger partial charge in [0.2, 0.25) is 0 Å². The summed E-state index contributed by atoms with van der Waals surface area (Å²) in [6.07, 6.45) is 1.36. The van der Waals surface area contributed by atoms with Gasteiger partial charge in [0.15, 0.2) is 0 Å². The van der Waals surface area contributed by atoms with Gasteiger partial charge in [0.05, 0.1) is 18.8 Å². The summed E-state index contributed by atoms with van der Waals surface area (Å²) in [7, 11) is 1.63. The van der Waals surface area contributed by atoms with Crippen LogP contribution in [0.1, 0.15) is 18.1 Å². The monoisotopic (exact) mass is 208 g/mol. The predicted octanol–water partition coefficient (Wildman–Crippen LogP) is 2.14. The van der Waals surface area contributed by atoms with Gasteiger partial charge in [-0.3, -0.25) is 0 Å². The average Bonchev–Trinajstić information content (AvgIpc) is 3.09. The lowest BCUT2D eigenvalue weighted by Gasteiger charge is -2.16. The second-order valence-electron chi connectivity index (χ2n) is 3.66. The molecule has 0 amide bonds. The van der Waals surface area contributed by atoms with E-state index in [0.717, 1.165) is 13.0 Å². The highest BCUT2D eigenvalue weighted by Crippen LogP contribution is 2.28. The van der Waals surface area contributed by atoms with E-state index in [9.17, 15) is 0 Å². The van der Waals surface area contributed by atoms with Crippen molar-refractivity contribution in [2.45, 2.75) is 18.6 Å². The summed E-state index contributed by atoms with van der Waals surface area (Å²) in [5.41, 5.74) is 1.19. The van der Waals surface area contributed by atoms with Gasteiger partial charge in [0.1, 0.15) is 6.79 Å². The molecule has 2 rings (SSSR count). The lowest BCUT2D eigenvalue weighted by atomic mass is 10.1. The maximum atomic E-state index is 5.63. The molecule has 0 radical (unpaired) electrons. The van der Waals surface area contributed by atoms with Crippen LogP contribution in [-0.4, -0.2) is 26.6 Å². The Bertz CT molecular complexity index is 282. The largest absolute Gasteiger partial charge is 0.373 e. The van der Waals surface area contributed by atoms with E-state index in [1.54, 1.807) is 7.11 Å². The van der Waals surface area contributed by atoms with Gasteiger partial charge >= 0.3 is 0 Å². The van der Waals surface area contributed by atoms with Crippen molar-refractivity contribution in [3.8, 4) is 0 Å². The van der Waals surface area contributed by atoms with E-state index < -0.39 is 0 Å². The molecule has 1 saturated heterocycles. The molecule has 0 unspecified atom stereocenters. The lowest BCUT2D eigenvalue weighted by molar-refractivity contribution is -0.0775. The zero-order valence-electron chi connectivity index (χ0n) is 8.89. The van der Waals surface area contributed by atoms with E-state index in [4.69, 9.17) is 14.2 Å². The summed E-state index contributed by atoms with van der Waals surface area (Å²) in [6.45, 7) is 1.19. The molecule has 0 spiro atoms. The van der Waals surface area contributed by atoms with Gasteiger partial charge in [-0.1, -0.05) is 30.3 Å². The van der Waals surface area contributed by atoms with Gasteiger partial charge in [-0.2, -0.15) is 0 Å². The molecule has 1 aromatic rings. The van der Waals surface area contributed by atoms with Crippen LogP contribution in [0.15, 0.2) is 30.3 Å². The van der Waals surface area contributed by atoms with E-state index in [0.29, 0.717) is 12.9 Å². The summed E-state index contributed by atoms with van der Waals surface area (Å²) in [4.78, 5) is 0. The van der Waals surface area contributed by atoms with Gasteiger partial charge in [-0.15, -0.1) is 0 Å². The number of epoxide rings is 1. The standard InChI is InChI=1S/C12H16O3/c1-13-9-15-12(7-11-8-14-11)10-5-3-2-4-6-10/h2-6,11-12H,7-9H2,1H3/t11-,12+/m1/s1. The third-order valence-electron chi connectivity index (χ3n) is 2.44. The van der Waals surface area contributed by atoms with Crippen molar-refractivity contribution in [1.29, 1.82) is 0 Å². The van der Waals surface area contributed by atoms with E-state index in [2.05, 4.69) is 12.1 Å². The highest BCUT2D eigenvalue weighted by atomic mass is 16.7. The Kier molecular flexibility index (Phi) is 3.72. The first-order chi connectivity index (χ1) is 7.40. The summed E-state index contributed by atoms with van der Waals surface area (Å²) in [5.74, 6) is 0. The molecule has 0 bridgehead atoms. The minimum atomic E-state index is 0.0821. The van der Waals surface area contributed by atoms with Crippen LogP contribution in [0.4, 0.5) is 0 Å². The van der Waals surface area contributed by atoms with E-state index in [1.807, 2.05) is 18.2 Å². The number of hydrogen-bond donors (Lipinski definition) is 0. The Labute approximate surface area is 90.0 Å². The molecule has 1 aromatic carbocycles. The van der Waals surface area contributed by atoms with Crippen LogP contribution >= 0.6 is 0 Å². The maximum Gasteiger partial charge on any atom is 0.147 e. The summed E-state index contributed by atoms with van der Waals surface area (Å²) in [5, 5.41) is 0. The Hall–Kier alpha value is -0.900. The minimum Gasteiger partial charge on any atom is -0.373 e. The Morgan fingerprint density at radius 3 is 2.73 bits per heavy atom. The normalized spacial score (nSPS) is 21.3. The molecule has 0 saturated carbocycles. The second kappa shape index (κ2) is 5.26. The fourth-order valence-electron chi connectivity index (χ4n) is 1.56. The quantitative estimate of drug-likeness (QED) is 0.530. The molecule has 0 N–H and O–H groups in total. The third kappa shape index (κ3) is 3.30. The van der Waals surface area contributed by atoms with E-state index in [-0.39, 0.29) is 6.10 Å². The molecule has 15 heavy (non-hydrogen) atoms. The molecule has 1 aliphatic heterocycles. The molecular formula is C12H16O3. The SMILES string of the molecule is COCO[C@@H](C[C@@H]1CO1)c1ccccc1. The topological polar surface area (TPSA) is 31.0 Å². The van der Waals surface area contributed by atoms with Gasteiger partial charge in [0.25, 0.3) is 0 Å². The summed E-state index contributed by atoms with van der Waals surface area (Å²) >= 11 is 0. The number of rotatable bonds is 6. The summed E-state index contributed by atoms with van der Waals surface area (Å²) in [6, 6.07) is 10.2. The first kappa shape index (κ1) is 10.6. The first-order valence-electron chi connectivity index (χ1n) is 5.17. The first-order valence-corrected chi connectivity index (χ1v) is 5.17. The molecule has 82 valence electrons. The van der Waals surface area contributed by atoms with Crippen molar-refractivity contribution in [3.63, 3.8) is 0 Å². The maximum absolute atomic E-state index is 5.63. The van der Waals surface area contributed by atoms with Crippen molar-refractivity contribution >= 4 is 0 Å². The van der Waals surface area contributed by atoms with Crippen LogP contribution in [-0.2, 0) is 14.2 Å². The number of methoxy groups -OCH3 is 1. The fraction of sp³-hybridized carbons (Fsp3) is 0.500. The number of hydrogen-bond acceptors (Lipinski definition) is 3. The molecule has 0 aromatic heterocycles. The molecule has 1 fully saturated rings. The van der Waals surface area contributed by atoms with Crippen molar-refractivity contribution in [2.24, 2.45) is 0 Å². The fourth-order valence-corrected chi connectivity index (χ4v) is 1.56. The van der Waals surface area contributed by atoms with E-state index >= 15 is 0 Å². The smallest absolute Gasteiger partial charge is 0.147 e. The molecule has 3 heteroatoms. The van der Waals surface area contributed by atoms with Gasteiger partial charge in [0, 0.05) is 13.5 Å². The zero-order valence-corrected chi connectivity index (χ0v) is 8.89.